The molecule has 1 aromatic carbocycles. The van der Waals surface area contributed by atoms with E-state index in [0.29, 0.717) is 10.7 Å². The van der Waals surface area contributed by atoms with E-state index in [9.17, 15) is 9.59 Å². The number of nitrogens with zero attached hydrogens (tertiary/aromatic N) is 2. The summed E-state index contributed by atoms with van der Waals surface area (Å²) >= 11 is 6.39. The summed E-state index contributed by atoms with van der Waals surface area (Å²) in [5.41, 5.74) is 1.53. The van der Waals surface area contributed by atoms with Crippen LogP contribution < -0.4 is 15.5 Å². The zero-order valence-corrected chi connectivity index (χ0v) is 15.6. The molecule has 1 aliphatic heterocycles. The Bertz CT molecular complexity index is 618. The standard InChI is InChI=1S/C17H25ClN4O3/c1-4-21-7-9-22(10-8-21)15-6-5-13(11-14(15)18)20-17(24)19-12(2)16(23)25-3/h5-6,11-12H,4,7-10H2,1-3H3,(H2,19,20,24). The third-order valence-electron chi connectivity index (χ3n) is 4.27. The van der Waals surface area contributed by atoms with E-state index in [1.54, 1.807) is 19.1 Å². The van der Waals surface area contributed by atoms with Crippen molar-refractivity contribution in [2.24, 2.45) is 0 Å². The van der Waals surface area contributed by atoms with Crippen LogP contribution in [0.25, 0.3) is 0 Å². The van der Waals surface area contributed by atoms with Crippen LogP contribution in [0.15, 0.2) is 18.2 Å². The quantitative estimate of drug-likeness (QED) is 0.779. The maximum absolute atomic E-state index is 11.9. The highest BCUT2D eigenvalue weighted by molar-refractivity contribution is 6.33. The highest BCUT2D eigenvalue weighted by Crippen LogP contribution is 2.29. The van der Waals surface area contributed by atoms with Crippen LogP contribution in [0.1, 0.15) is 13.8 Å². The Labute approximate surface area is 153 Å². The highest BCUT2D eigenvalue weighted by atomic mass is 35.5. The van der Waals surface area contributed by atoms with Gasteiger partial charge in [-0.3, -0.25) is 0 Å². The number of halogens is 1. The van der Waals surface area contributed by atoms with E-state index >= 15 is 0 Å². The first kappa shape index (κ1) is 19.3. The summed E-state index contributed by atoms with van der Waals surface area (Å²) in [4.78, 5) is 27.9. The molecule has 0 spiro atoms. The van der Waals surface area contributed by atoms with Gasteiger partial charge in [0.15, 0.2) is 0 Å². The van der Waals surface area contributed by atoms with Crippen LogP contribution in [-0.4, -0.2) is 62.8 Å². The first-order valence-electron chi connectivity index (χ1n) is 8.36. The lowest BCUT2D eigenvalue weighted by atomic mass is 10.2. The first-order valence-corrected chi connectivity index (χ1v) is 8.74. The Kier molecular flexibility index (Phi) is 6.90. The van der Waals surface area contributed by atoms with Crippen molar-refractivity contribution in [2.45, 2.75) is 19.9 Å². The average molecular weight is 369 g/mol. The number of benzene rings is 1. The topological polar surface area (TPSA) is 73.9 Å². The summed E-state index contributed by atoms with van der Waals surface area (Å²) in [5.74, 6) is -0.505. The number of nitrogens with one attached hydrogen (secondary N) is 2. The van der Waals surface area contributed by atoms with Gasteiger partial charge in [0.05, 0.1) is 17.8 Å². The molecule has 0 aromatic heterocycles. The zero-order chi connectivity index (χ0) is 18.4. The Morgan fingerprint density at radius 3 is 2.52 bits per heavy atom. The molecule has 1 fully saturated rings. The number of urea groups is 1. The van der Waals surface area contributed by atoms with Crippen LogP contribution in [0.5, 0.6) is 0 Å². The summed E-state index contributed by atoms with van der Waals surface area (Å²) in [6, 6.07) is 4.21. The molecule has 1 heterocycles. The number of anilines is 2. The van der Waals surface area contributed by atoms with E-state index in [-0.39, 0.29) is 0 Å². The average Bonchev–Trinajstić information content (AvgIpc) is 2.61. The fraction of sp³-hybridized carbons (Fsp3) is 0.529. The van der Waals surface area contributed by atoms with Crippen LogP contribution in [0.4, 0.5) is 16.2 Å². The van der Waals surface area contributed by atoms with Crippen molar-refractivity contribution < 1.29 is 14.3 Å². The van der Waals surface area contributed by atoms with Crippen molar-refractivity contribution in [3.8, 4) is 0 Å². The van der Waals surface area contributed by atoms with Gasteiger partial charge in [0, 0.05) is 31.9 Å². The van der Waals surface area contributed by atoms with E-state index in [2.05, 4.69) is 32.1 Å². The number of piperazine rings is 1. The number of hydrogen-bond acceptors (Lipinski definition) is 5. The summed E-state index contributed by atoms with van der Waals surface area (Å²) in [7, 11) is 1.28. The lowest BCUT2D eigenvalue weighted by molar-refractivity contribution is -0.142. The van der Waals surface area contributed by atoms with Gasteiger partial charge in [0.25, 0.3) is 0 Å². The van der Waals surface area contributed by atoms with Crippen LogP contribution in [0.2, 0.25) is 5.02 Å². The molecular formula is C17H25ClN4O3. The number of hydrogen-bond donors (Lipinski definition) is 2. The van der Waals surface area contributed by atoms with Crippen LogP contribution >= 0.6 is 11.6 Å². The fourth-order valence-corrected chi connectivity index (χ4v) is 3.05. The molecule has 0 bridgehead atoms. The lowest BCUT2D eigenvalue weighted by Gasteiger charge is -2.36. The minimum absolute atomic E-state index is 0.488. The van der Waals surface area contributed by atoms with E-state index in [0.717, 1.165) is 38.4 Å². The maximum atomic E-state index is 11.9. The van der Waals surface area contributed by atoms with Crippen molar-refractivity contribution in [1.29, 1.82) is 0 Å². The lowest BCUT2D eigenvalue weighted by Crippen LogP contribution is -2.46. The molecule has 1 atom stereocenters. The van der Waals surface area contributed by atoms with E-state index in [1.165, 1.54) is 7.11 Å². The van der Waals surface area contributed by atoms with Gasteiger partial charge in [-0.2, -0.15) is 0 Å². The predicted molar refractivity (Wildman–Crippen MR) is 99.4 cm³/mol. The monoisotopic (exact) mass is 368 g/mol. The second-order valence-electron chi connectivity index (χ2n) is 5.93. The van der Waals surface area contributed by atoms with Crippen molar-refractivity contribution in [3.63, 3.8) is 0 Å². The molecule has 2 amide bonds. The number of carbonyl (C=O) groups is 2. The molecule has 0 radical (unpaired) electrons. The normalized spacial score (nSPS) is 16.2. The molecule has 1 unspecified atom stereocenters. The molecule has 7 nitrogen and oxygen atoms in total. The predicted octanol–water partition coefficient (Wildman–Crippen LogP) is 2.16. The number of rotatable bonds is 5. The van der Waals surface area contributed by atoms with E-state index in [1.807, 2.05) is 6.07 Å². The Hall–Kier alpha value is -1.99. The largest absolute Gasteiger partial charge is 0.467 e. The minimum Gasteiger partial charge on any atom is -0.467 e. The Balaban J connectivity index is 1.95. The molecule has 1 saturated heterocycles. The molecule has 0 saturated carbocycles. The SMILES string of the molecule is CCN1CCN(c2ccc(NC(=O)NC(C)C(=O)OC)cc2Cl)CC1. The summed E-state index contributed by atoms with van der Waals surface area (Å²) in [6.45, 7) is 8.66. The molecule has 0 aliphatic carbocycles. The van der Waals surface area contributed by atoms with Crippen molar-refractivity contribution in [3.05, 3.63) is 23.2 Å². The van der Waals surface area contributed by atoms with Crippen LogP contribution in [0.3, 0.4) is 0 Å². The molecule has 25 heavy (non-hydrogen) atoms. The van der Waals surface area contributed by atoms with Gasteiger partial charge in [-0.25, -0.2) is 9.59 Å². The second-order valence-corrected chi connectivity index (χ2v) is 6.34. The summed E-state index contributed by atoms with van der Waals surface area (Å²) in [6.07, 6.45) is 0. The molecule has 1 aromatic rings. The Morgan fingerprint density at radius 2 is 1.96 bits per heavy atom. The zero-order valence-electron chi connectivity index (χ0n) is 14.8. The van der Waals surface area contributed by atoms with Gasteiger partial charge in [0.1, 0.15) is 6.04 Å². The van der Waals surface area contributed by atoms with Gasteiger partial charge >= 0.3 is 12.0 Å². The molecular weight excluding hydrogens is 344 g/mol. The molecule has 1 aliphatic rings. The number of carbonyl (C=O) groups excluding carboxylic acids is 2. The molecule has 8 heteroatoms. The number of methoxy groups -OCH3 is 1. The highest BCUT2D eigenvalue weighted by Gasteiger charge is 2.19. The van der Waals surface area contributed by atoms with E-state index < -0.39 is 18.0 Å². The maximum Gasteiger partial charge on any atom is 0.328 e. The molecule has 138 valence electrons. The molecule has 2 N–H and O–H groups in total. The van der Waals surface area contributed by atoms with Gasteiger partial charge in [-0.15, -0.1) is 0 Å². The smallest absolute Gasteiger partial charge is 0.328 e. The van der Waals surface area contributed by atoms with Crippen LogP contribution in [0, 0.1) is 0 Å². The number of esters is 1. The fourth-order valence-electron chi connectivity index (χ4n) is 2.75. The van der Waals surface area contributed by atoms with Gasteiger partial charge in [-0.05, 0) is 31.7 Å². The number of amides is 2. The number of ether oxygens (including phenoxy) is 1. The van der Waals surface area contributed by atoms with Crippen molar-refractivity contribution in [2.75, 3.05) is 50.1 Å². The Morgan fingerprint density at radius 1 is 1.28 bits per heavy atom. The van der Waals surface area contributed by atoms with Gasteiger partial charge in [0.2, 0.25) is 0 Å². The van der Waals surface area contributed by atoms with Crippen LogP contribution in [-0.2, 0) is 9.53 Å². The van der Waals surface area contributed by atoms with Gasteiger partial charge < -0.3 is 25.2 Å². The number of likely N-dealkylation sites (N-methyl/N-ethyl adjacent to an activating group) is 1. The first-order chi connectivity index (χ1) is 11.9. The third-order valence-corrected chi connectivity index (χ3v) is 4.57. The minimum atomic E-state index is -0.727. The third kappa shape index (κ3) is 5.24. The van der Waals surface area contributed by atoms with Crippen molar-refractivity contribution >= 4 is 35.0 Å². The molecule has 2 rings (SSSR count). The summed E-state index contributed by atoms with van der Waals surface area (Å²) < 4.78 is 4.57. The van der Waals surface area contributed by atoms with Crippen molar-refractivity contribution in [1.82, 2.24) is 10.2 Å². The van der Waals surface area contributed by atoms with E-state index in [4.69, 9.17) is 11.6 Å². The second kappa shape index (κ2) is 8.92. The summed E-state index contributed by atoms with van der Waals surface area (Å²) in [5, 5.41) is 5.76. The van der Waals surface area contributed by atoms with Gasteiger partial charge in [-0.1, -0.05) is 18.5 Å².